The highest BCUT2D eigenvalue weighted by Crippen LogP contribution is 2.28. The van der Waals surface area contributed by atoms with Crippen LogP contribution in [0.5, 0.6) is 0 Å². The van der Waals surface area contributed by atoms with Gasteiger partial charge in [0.2, 0.25) is 15.9 Å². The molecule has 0 radical (unpaired) electrons. The molecule has 0 aliphatic carbocycles. The van der Waals surface area contributed by atoms with Crippen molar-refractivity contribution in [2.45, 2.75) is 17.9 Å². The number of amides is 1. The summed E-state index contributed by atoms with van der Waals surface area (Å²) >= 11 is 6.40. The Morgan fingerprint density at radius 3 is 2.53 bits per heavy atom. The zero-order chi connectivity index (χ0) is 14.8. The maximum Gasteiger partial charge on any atom is 0.247 e. The third-order valence-electron chi connectivity index (χ3n) is 2.30. The second-order valence-corrected chi connectivity index (χ2v) is 7.25. The van der Waals surface area contributed by atoms with Crippen LogP contribution in [0.25, 0.3) is 0 Å². The van der Waals surface area contributed by atoms with Gasteiger partial charge >= 0.3 is 0 Å². The van der Waals surface area contributed by atoms with Gasteiger partial charge in [-0.15, -0.1) is 0 Å². The van der Waals surface area contributed by atoms with Gasteiger partial charge in [-0.05, 0) is 40.5 Å². The molecule has 0 bridgehead atoms. The number of carbonyl (C=O) groups is 1. The zero-order valence-corrected chi connectivity index (χ0v) is 13.8. The lowest BCUT2D eigenvalue weighted by Crippen LogP contribution is -2.40. The van der Waals surface area contributed by atoms with E-state index < -0.39 is 28.6 Å². The Bertz CT molecular complexity index is 604. The molecule has 0 aliphatic rings. The lowest BCUT2D eigenvalue weighted by molar-refractivity contribution is -0.125. The molecular formula is C10H12Br2N2O4S. The monoisotopic (exact) mass is 414 g/mol. The van der Waals surface area contributed by atoms with Gasteiger partial charge in [0.05, 0.1) is 4.90 Å². The molecule has 0 heterocycles. The van der Waals surface area contributed by atoms with Crippen molar-refractivity contribution in [2.24, 2.45) is 5.73 Å². The predicted octanol–water partition coefficient (Wildman–Crippen LogP) is 0.645. The van der Waals surface area contributed by atoms with E-state index in [1.807, 2.05) is 6.92 Å². The molecule has 0 fully saturated rings. The van der Waals surface area contributed by atoms with Gasteiger partial charge in [-0.3, -0.25) is 4.79 Å². The maximum atomic E-state index is 12.0. The molecule has 1 unspecified atom stereocenters. The van der Waals surface area contributed by atoms with Crippen LogP contribution in [0.15, 0.2) is 26.0 Å². The maximum absolute atomic E-state index is 12.0. The average Bonchev–Trinajstić information content (AvgIpc) is 2.30. The lowest BCUT2D eigenvalue weighted by atomic mass is 10.2. The Balaban J connectivity index is 3.01. The van der Waals surface area contributed by atoms with Crippen LogP contribution >= 0.6 is 31.9 Å². The average molecular weight is 416 g/mol. The molecule has 0 saturated carbocycles. The number of halogens is 2. The quantitative estimate of drug-likeness (QED) is 0.655. The summed E-state index contributed by atoms with van der Waals surface area (Å²) in [7, 11) is -3.85. The highest BCUT2D eigenvalue weighted by molar-refractivity contribution is 9.11. The van der Waals surface area contributed by atoms with Crippen molar-refractivity contribution in [3.63, 3.8) is 0 Å². The Hall–Kier alpha value is -0.480. The van der Waals surface area contributed by atoms with Crippen LogP contribution in [-0.4, -0.2) is 32.1 Å². The van der Waals surface area contributed by atoms with Crippen LogP contribution in [-0.2, 0) is 14.8 Å². The highest BCUT2D eigenvalue weighted by atomic mass is 79.9. The van der Waals surface area contributed by atoms with Crippen LogP contribution in [0, 0.1) is 6.92 Å². The number of benzene rings is 1. The molecule has 6 nitrogen and oxygen atoms in total. The van der Waals surface area contributed by atoms with E-state index in [0.29, 0.717) is 8.95 Å². The molecule has 0 aromatic heterocycles. The van der Waals surface area contributed by atoms with E-state index in [1.54, 1.807) is 6.07 Å². The number of hydrogen-bond acceptors (Lipinski definition) is 4. The first-order valence-electron chi connectivity index (χ1n) is 5.08. The lowest BCUT2D eigenvalue weighted by Gasteiger charge is -2.12. The van der Waals surface area contributed by atoms with Gasteiger partial charge in [0.25, 0.3) is 0 Å². The molecule has 1 aromatic carbocycles. The molecule has 1 amide bonds. The molecule has 106 valence electrons. The van der Waals surface area contributed by atoms with E-state index in [2.05, 4.69) is 36.6 Å². The molecular weight excluding hydrogens is 404 g/mol. The minimum Gasteiger partial charge on any atom is -0.382 e. The van der Waals surface area contributed by atoms with Crippen molar-refractivity contribution >= 4 is 47.8 Å². The van der Waals surface area contributed by atoms with E-state index >= 15 is 0 Å². The summed E-state index contributed by atoms with van der Waals surface area (Å²) in [5.74, 6) is -0.994. The molecule has 9 heteroatoms. The van der Waals surface area contributed by atoms with Crippen molar-refractivity contribution in [3.05, 3.63) is 26.6 Å². The Kier molecular flexibility index (Phi) is 5.51. The summed E-state index contributed by atoms with van der Waals surface area (Å²) in [5.41, 5.74) is 5.70. The van der Waals surface area contributed by atoms with Crippen molar-refractivity contribution in [2.75, 3.05) is 6.54 Å². The minimum atomic E-state index is -3.85. The first-order valence-corrected chi connectivity index (χ1v) is 8.14. The smallest absolute Gasteiger partial charge is 0.247 e. The fourth-order valence-corrected chi connectivity index (χ4v) is 3.91. The Morgan fingerprint density at radius 2 is 2.00 bits per heavy atom. The fourth-order valence-electron chi connectivity index (χ4n) is 1.20. The highest BCUT2D eigenvalue weighted by Gasteiger charge is 2.21. The number of rotatable bonds is 5. The number of aliphatic hydroxyl groups is 1. The van der Waals surface area contributed by atoms with Crippen LogP contribution in [0.4, 0.5) is 0 Å². The van der Waals surface area contributed by atoms with Gasteiger partial charge in [-0.1, -0.05) is 15.9 Å². The van der Waals surface area contributed by atoms with Gasteiger partial charge in [0.1, 0.15) is 6.10 Å². The van der Waals surface area contributed by atoms with E-state index in [9.17, 15) is 18.3 Å². The summed E-state index contributed by atoms with van der Waals surface area (Å²) in [6.45, 7) is 1.34. The van der Waals surface area contributed by atoms with Gasteiger partial charge < -0.3 is 10.8 Å². The first kappa shape index (κ1) is 16.6. The van der Waals surface area contributed by atoms with Crippen molar-refractivity contribution in [1.82, 2.24) is 4.72 Å². The number of carbonyl (C=O) groups excluding carboxylic acids is 1. The third kappa shape index (κ3) is 4.25. The first-order chi connectivity index (χ1) is 8.65. The van der Waals surface area contributed by atoms with Gasteiger partial charge in [0.15, 0.2) is 0 Å². The topological polar surface area (TPSA) is 109 Å². The second kappa shape index (κ2) is 6.31. The van der Waals surface area contributed by atoms with E-state index in [0.717, 1.165) is 5.56 Å². The second-order valence-electron chi connectivity index (χ2n) is 3.80. The normalized spacial score (nSPS) is 13.3. The summed E-state index contributed by atoms with van der Waals surface area (Å²) in [6.07, 6.45) is -1.57. The van der Waals surface area contributed by atoms with Crippen LogP contribution in [0.2, 0.25) is 0 Å². The fraction of sp³-hybridized carbons (Fsp3) is 0.300. The standard InChI is InChI=1S/C10H12Br2N2O4S/c1-5-2-7(12)9(3-6(5)11)19(17,18)14-4-8(15)10(13)16/h2-3,8,14-15H,4H2,1H3,(H2,13,16). The molecule has 1 atom stereocenters. The van der Waals surface area contributed by atoms with Crippen LogP contribution in [0.1, 0.15) is 5.56 Å². The number of hydrogen-bond donors (Lipinski definition) is 3. The van der Waals surface area contributed by atoms with Crippen LogP contribution < -0.4 is 10.5 Å². The summed E-state index contributed by atoms with van der Waals surface area (Å²) in [5, 5.41) is 9.18. The van der Waals surface area contributed by atoms with E-state index in [-0.39, 0.29) is 4.90 Å². The molecule has 0 aliphatic heterocycles. The number of nitrogens with one attached hydrogen (secondary N) is 1. The molecule has 1 rings (SSSR count). The number of aryl methyl sites for hydroxylation is 1. The number of primary amides is 1. The van der Waals surface area contributed by atoms with E-state index in [4.69, 9.17) is 5.73 Å². The molecule has 1 aromatic rings. The molecule has 0 saturated heterocycles. The van der Waals surface area contributed by atoms with Crippen molar-refractivity contribution in [1.29, 1.82) is 0 Å². The minimum absolute atomic E-state index is 0.00152. The summed E-state index contributed by atoms with van der Waals surface area (Å²) < 4.78 is 27.2. The van der Waals surface area contributed by atoms with Crippen LogP contribution in [0.3, 0.4) is 0 Å². The summed E-state index contributed by atoms with van der Waals surface area (Å²) in [4.78, 5) is 10.6. The Morgan fingerprint density at radius 1 is 1.42 bits per heavy atom. The zero-order valence-electron chi connectivity index (χ0n) is 9.85. The molecule has 19 heavy (non-hydrogen) atoms. The predicted molar refractivity (Wildman–Crippen MR) is 77.0 cm³/mol. The number of sulfonamides is 1. The number of nitrogens with two attached hydrogens (primary N) is 1. The third-order valence-corrected chi connectivity index (χ3v) is 5.53. The van der Waals surface area contributed by atoms with Gasteiger partial charge in [-0.2, -0.15) is 0 Å². The number of aliphatic hydroxyl groups excluding tert-OH is 1. The molecule has 0 spiro atoms. The largest absolute Gasteiger partial charge is 0.382 e. The Labute approximate surface area is 127 Å². The van der Waals surface area contributed by atoms with Gasteiger partial charge in [0, 0.05) is 15.5 Å². The summed E-state index contributed by atoms with van der Waals surface area (Å²) in [6, 6.07) is 3.07. The molecule has 4 N–H and O–H groups in total. The SMILES string of the molecule is Cc1cc(Br)c(S(=O)(=O)NCC(O)C(N)=O)cc1Br. The van der Waals surface area contributed by atoms with Crippen molar-refractivity contribution < 1.29 is 18.3 Å². The van der Waals surface area contributed by atoms with E-state index in [1.165, 1.54) is 6.07 Å². The van der Waals surface area contributed by atoms with Crippen molar-refractivity contribution in [3.8, 4) is 0 Å². The van der Waals surface area contributed by atoms with Gasteiger partial charge in [-0.25, -0.2) is 13.1 Å².